The second-order valence-electron chi connectivity index (χ2n) is 11.2. The summed E-state index contributed by atoms with van der Waals surface area (Å²) < 4.78 is 13.4. The van der Waals surface area contributed by atoms with E-state index >= 15 is 0 Å². The first-order valence-electron chi connectivity index (χ1n) is 17.8. The van der Waals surface area contributed by atoms with Gasteiger partial charge >= 0.3 is 23.9 Å². The van der Waals surface area contributed by atoms with Gasteiger partial charge in [0, 0.05) is 22.8 Å². The summed E-state index contributed by atoms with van der Waals surface area (Å²) in [6, 6.07) is 10.0. The number of hydrogen-bond acceptors (Lipinski definition) is 9. The first-order chi connectivity index (χ1) is 24.7. The normalized spacial score (nSPS) is 8.85. The number of unbranched alkanes of at least 4 members (excludes halogenated alkanes) is 10. The molecule has 0 atom stereocenters. The number of aliphatic hydroxyl groups is 1. The number of aliphatic carboxylic acids is 1. The summed E-state index contributed by atoms with van der Waals surface area (Å²) in [6.07, 6.45) is 19.2. The molecule has 0 aliphatic heterocycles. The van der Waals surface area contributed by atoms with Crippen molar-refractivity contribution in [1.82, 2.24) is 0 Å². The van der Waals surface area contributed by atoms with Crippen LogP contribution in [0.15, 0.2) is 86.0 Å². The maximum atomic E-state index is 10.5. The summed E-state index contributed by atoms with van der Waals surface area (Å²) in [6.45, 7) is 26.1. The highest BCUT2D eigenvalue weighted by Crippen LogP contribution is 2.10. The standard InChI is InChI=1S/C12H26S.C8H8.C7H12O2.C6H10O3.C5H8O2.C4H6O2/c1-2-3-4-5-6-7-8-9-10-11-12-13;1-2-8-6-4-3-5-7-8;1-3-5-6-9-7(8)4-2;1-5(2)6(8)9-4-3-7;1-4(2)5(6)7-3;1-3(2)4(5)6/h13H,2-12H2,1H3;2-7H,1H2;4H,2-3,5-6H2,1H3;7H,1,3-4H2,2H3;1H2,2-3H3;1H2,2H3,(H,5,6). The van der Waals surface area contributed by atoms with Crippen LogP contribution >= 0.6 is 12.6 Å². The molecule has 10 heteroatoms. The second kappa shape index (κ2) is 47.1. The van der Waals surface area contributed by atoms with Gasteiger partial charge in [-0.3, -0.25) is 0 Å². The van der Waals surface area contributed by atoms with Crippen LogP contribution in [0.5, 0.6) is 0 Å². The van der Waals surface area contributed by atoms with Gasteiger partial charge in [0.25, 0.3) is 0 Å². The Labute approximate surface area is 321 Å². The van der Waals surface area contributed by atoms with Gasteiger partial charge in [-0.05, 0) is 44.9 Å². The Morgan fingerprint density at radius 1 is 0.692 bits per heavy atom. The van der Waals surface area contributed by atoms with Crippen LogP contribution in [0.4, 0.5) is 0 Å². The summed E-state index contributed by atoms with van der Waals surface area (Å²) in [5.41, 5.74) is 2.13. The molecule has 0 aliphatic carbocycles. The molecule has 52 heavy (non-hydrogen) atoms. The number of esters is 3. The van der Waals surface area contributed by atoms with E-state index in [1.54, 1.807) is 13.8 Å². The second-order valence-corrected chi connectivity index (χ2v) is 11.7. The van der Waals surface area contributed by atoms with Crippen molar-refractivity contribution in [3.05, 3.63) is 91.6 Å². The predicted octanol–water partition coefficient (Wildman–Crippen LogP) is 10.2. The van der Waals surface area contributed by atoms with E-state index in [2.05, 4.69) is 66.7 Å². The van der Waals surface area contributed by atoms with E-state index in [9.17, 15) is 19.2 Å². The summed E-state index contributed by atoms with van der Waals surface area (Å²) in [5, 5.41) is 16.1. The third kappa shape index (κ3) is 55.5. The summed E-state index contributed by atoms with van der Waals surface area (Å²) in [7, 11) is 1.33. The monoisotopic (exact) mass is 750 g/mol. The van der Waals surface area contributed by atoms with Crippen molar-refractivity contribution >= 4 is 42.6 Å². The minimum atomic E-state index is -0.935. The molecule has 0 aliphatic rings. The van der Waals surface area contributed by atoms with Crippen LogP contribution < -0.4 is 0 Å². The van der Waals surface area contributed by atoms with Gasteiger partial charge in [0.05, 0.1) is 20.3 Å². The molecule has 298 valence electrons. The largest absolute Gasteiger partial charge is 0.478 e. The molecule has 0 heterocycles. The Bertz CT molecular complexity index is 1060. The smallest absolute Gasteiger partial charge is 0.333 e. The molecule has 2 N–H and O–H groups in total. The van der Waals surface area contributed by atoms with Gasteiger partial charge in [-0.2, -0.15) is 12.6 Å². The number of carbonyl (C=O) groups is 4. The number of thiol groups is 1. The summed E-state index contributed by atoms with van der Waals surface area (Å²) >= 11 is 4.20. The van der Waals surface area contributed by atoms with Crippen molar-refractivity contribution in [2.45, 2.75) is 112 Å². The van der Waals surface area contributed by atoms with Gasteiger partial charge in [-0.25, -0.2) is 19.2 Å². The number of hydrogen-bond donors (Lipinski definition) is 3. The van der Waals surface area contributed by atoms with Crippen LogP contribution in [-0.4, -0.2) is 66.8 Å². The van der Waals surface area contributed by atoms with Gasteiger partial charge in [0.2, 0.25) is 0 Å². The van der Waals surface area contributed by atoms with Gasteiger partial charge in [-0.15, -0.1) is 0 Å². The molecule has 0 saturated heterocycles. The van der Waals surface area contributed by atoms with E-state index < -0.39 is 11.9 Å². The Balaban J connectivity index is -0.000000173. The number of benzene rings is 1. The Morgan fingerprint density at radius 3 is 1.42 bits per heavy atom. The number of ether oxygens (including phenoxy) is 3. The van der Waals surface area contributed by atoms with Crippen molar-refractivity contribution in [3.8, 4) is 0 Å². The van der Waals surface area contributed by atoms with E-state index in [-0.39, 0.29) is 30.7 Å². The molecule has 0 saturated carbocycles. The molecule has 0 aromatic heterocycles. The lowest BCUT2D eigenvalue weighted by atomic mass is 10.1. The molecule has 0 radical (unpaired) electrons. The number of carboxylic acid groups (broad SMARTS) is 1. The Hall–Kier alpha value is -3.89. The van der Waals surface area contributed by atoms with Crippen LogP contribution in [0.3, 0.4) is 0 Å². The van der Waals surface area contributed by atoms with Gasteiger partial charge < -0.3 is 24.4 Å². The Morgan fingerprint density at radius 2 is 1.13 bits per heavy atom. The highest BCUT2D eigenvalue weighted by molar-refractivity contribution is 7.80. The topological polar surface area (TPSA) is 136 Å². The zero-order valence-electron chi connectivity index (χ0n) is 33.1. The first kappa shape index (κ1) is 57.5. The Kier molecular flexibility index (Phi) is 52.0. The van der Waals surface area contributed by atoms with E-state index in [4.69, 9.17) is 10.2 Å². The zero-order valence-corrected chi connectivity index (χ0v) is 34.0. The lowest BCUT2D eigenvalue weighted by molar-refractivity contribution is -0.140. The third-order valence-corrected chi connectivity index (χ3v) is 6.34. The minimum absolute atomic E-state index is 0.0473. The number of rotatable bonds is 20. The predicted molar refractivity (Wildman–Crippen MR) is 220 cm³/mol. The van der Waals surface area contributed by atoms with Crippen molar-refractivity contribution < 1.29 is 43.6 Å². The first-order valence-corrected chi connectivity index (χ1v) is 18.4. The molecule has 0 amide bonds. The SMILES string of the molecule is C=C(C)C(=O)O.C=C(C)C(=O)OC.C=C(C)C(=O)OCCO.C=CC(=O)OCCCC.C=Cc1ccccc1.CCCCCCCCCCCCS. The van der Waals surface area contributed by atoms with E-state index in [0.29, 0.717) is 17.8 Å². The van der Waals surface area contributed by atoms with E-state index in [1.807, 2.05) is 43.3 Å². The molecule has 1 rings (SSSR count). The number of aliphatic hydroxyl groups excluding tert-OH is 1. The maximum Gasteiger partial charge on any atom is 0.333 e. The van der Waals surface area contributed by atoms with Gasteiger partial charge in [0.15, 0.2) is 0 Å². The van der Waals surface area contributed by atoms with Crippen molar-refractivity contribution in [2.75, 3.05) is 32.7 Å². The van der Waals surface area contributed by atoms with Crippen molar-refractivity contribution in [3.63, 3.8) is 0 Å². The third-order valence-electron chi connectivity index (χ3n) is 6.03. The zero-order chi connectivity index (χ0) is 41.0. The molecule has 1 aromatic rings. The fourth-order valence-corrected chi connectivity index (χ4v) is 3.22. The fraction of sp³-hybridized carbons (Fsp3) is 0.524. The number of carboxylic acids is 1. The maximum absolute atomic E-state index is 10.5. The highest BCUT2D eigenvalue weighted by atomic mass is 32.1. The molecular formula is C42H70O9S. The van der Waals surface area contributed by atoms with Gasteiger partial charge in [0.1, 0.15) is 6.61 Å². The highest BCUT2D eigenvalue weighted by Gasteiger charge is 2.00. The van der Waals surface area contributed by atoms with E-state index in [1.165, 1.54) is 89.9 Å². The number of carbonyl (C=O) groups excluding carboxylic acids is 3. The van der Waals surface area contributed by atoms with Crippen LogP contribution in [0.1, 0.15) is 117 Å². The van der Waals surface area contributed by atoms with Crippen LogP contribution in [0, 0.1) is 0 Å². The molecule has 0 unspecified atom stereocenters. The fourth-order valence-electron chi connectivity index (χ4n) is 3.00. The minimum Gasteiger partial charge on any atom is -0.478 e. The average molecular weight is 751 g/mol. The van der Waals surface area contributed by atoms with Crippen LogP contribution in [-0.2, 0) is 33.4 Å². The lowest BCUT2D eigenvalue weighted by Crippen LogP contribution is -2.08. The number of methoxy groups -OCH3 is 1. The van der Waals surface area contributed by atoms with Crippen molar-refractivity contribution in [1.29, 1.82) is 0 Å². The van der Waals surface area contributed by atoms with E-state index in [0.717, 1.165) is 18.6 Å². The molecule has 0 spiro atoms. The molecule has 1 aromatic carbocycles. The van der Waals surface area contributed by atoms with Crippen LogP contribution in [0.25, 0.3) is 6.08 Å². The molecule has 9 nitrogen and oxygen atoms in total. The quantitative estimate of drug-likeness (QED) is 0.0391. The molecule has 0 bridgehead atoms. The van der Waals surface area contributed by atoms with Crippen molar-refractivity contribution in [2.24, 2.45) is 0 Å². The molecule has 0 fully saturated rings. The lowest BCUT2D eigenvalue weighted by Gasteiger charge is -2.00. The van der Waals surface area contributed by atoms with Crippen LogP contribution in [0.2, 0.25) is 0 Å². The molecular weight excluding hydrogens is 681 g/mol. The summed E-state index contributed by atoms with van der Waals surface area (Å²) in [4.78, 5) is 40.6. The summed E-state index contributed by atoms with van der Waals surface area (Å²) in [5.74, 6) is -1.00. The average Bonchev–Trinajstić information content (AvgIpc) is 3.14. The van der Waals surface area contributed by atoms with Gasteiger partial charge in [-0.1, -0.05) is 147 Å².